The predicted octanol–water partition coefficient (Wildman–Crippen LogP) is 4.65. The molecule has 0 spiro atoms. The van der Waals surface area contributed by atoms with Crippen molar-refractivity contribution in [2.45, 2.75) is 31.7 Å². The predicted molar refractivity (Wildman–Crippen MR) is 102 cm³/mol. The molecule has 142 valence electrons. The van der Waals surface area contributed by atoms with Crippen LogP contribution in [0.15, 0.2) is 41.2 Å². The number of aromatic nitrogens is 5. The highest BCUT2D eigenvalue weighted by atomic mass is 35.5. The monoisotopic (exact) mass is 398 g/mol. The molecule has 4 aromatic rings. The van der Waals surface area contributed by atoms with E-state index in [0.717, 1.165) is 0 Å². The number of halogens is 2. The second kappa shape index (κ2) is 6.56. The fourth-order valence-corrected chi connectivity index (χ4v) is 3.48. The van der Waals surface area contributed by atoms with Gasteiger partial charge in [-0.1, -0.05) is 11.6 Å². The highest BCUT2D eigenvalue weighted by Crippen LogP contribution is 2.42. The Morgan fingerprint density at radius 2 is 2.18 bits per heavy atom. The molecule has 3 aromatic heterocycles. The second-order valence-corrected chi connectivity index (χ2v) is 7.26. The summed E-state index contributed by atoms with van der Waals surface area (Å²) in [6.45, 7) is 1.85. The SMILES string of the molecule is C[C@H](Nc1nc2cc(C3CC3)cc(Cl)c2o1)c1ncnn1-c1ncccc1F. The molecule has 0 amide bonds. The molecular weight excluding hydrogens is 383 g/mol. The summed E-state index contributed by atoms with van der Waals surface area (Å²) in [5.74, 6) is 0.645. The van der Waals surface area contributed by atoms with Gasteiger partial charge in [-0.15, -0.1) is 0 Å². The molecule has 7 nitrogen and oxygen atoms in total. The largest absolute Gasteiger partial charge is 0.422 e. The average Bonchev–Trinajstić information content (AvgIpc) is 3.26. The molecule has 0 aliphatic heterocycles. The zero-order chi connectivity index (χ0) is 19.3. The standard InChI is InChI=1S/C19H16ClFN6O/c1-10(17-23-9-24-27(17)18-14(21)3-2-6-22-18)25-19-26-15-8-12(11-4-5-11)7-13(20)16(15)28-19/h2-3,6-11H,4-5H2,1H3,(H,25,26)/t10-/m0/s1. The van der Waals surface area contributed by atoms with Gasteiger partial charge in [0, 0.05) is 6.20 Å². The molecule has 28 heavy (non-hydrogen) atoms. The van der Waals surface area contributed by atoms with Crippen molar-refractivity contribution in [1.29, 1.82) is 0 Å². The van der Waals surface area contributed by atoms with E-state index in [4.69, 9.17) is 16.0 Å². The Morgan fingerprint density at radius 3 is 2.96 bits per heavy atom. The third-order valence-corrected chi connectivity index (χ3v) is 5.04. The molecule has 3 heterocycles. The van der Waals surface area contributed by atoms with Crippen LogP contribution >= 0.6 is 11.6 Å². The van der Waals surface area contributed by atoms with Crippen LogP contribution in [-0.2, 0) is 0 Å². The summed E-state index contributed by atoms with van der Waals surface area (Å²) in [5, 5.41) is 7.79. The third-order valence-electron chi connectivity index (χ3n) is 4.76. The first kappa shape index (κ1) is 17.1. The Labute approximate surface area is 164 Å². The van der Waals surface area contributed by atoms with Gasteiger partial charge in [0.25, 0.3) is 6.01 Å². The number of fused-ring (bicyclic) bond motifs is 1. The van der Waals surface area contributed by atoms with E-state index in [2.05, 4.69) is 25.4 Å². The van der Waals surface area contributed by atoms with Crippen LogP contribution < -0.4 is 5.32 Å². The Kier molecular flexibility index (Phi) is 4.01. The van der Waals surface area contributed by atoms with Gasteiger partial charge in [-0.3, -0.25) is 0 Å². The minimum Gasteiger partial charge on any atom is -0.422 e. The van der Waals surface area contributed by atoms with Crippen molar-refractivity contribution < 1.29 is 8.81 Å². The van der Waals surface area contributed by atoms with Crippen LogP contribution in [0.1, 0.15) is 43.1 Å². The summed E-state index contributed by atoms with van der Waals surface area (Å²) >= 11 is 6.37. The minimum absolute atomic E-state index is 0.0818. The summed E-state index contributed by atoms with van der Waals surface area (Å²) in [6, 6.07) is 6.76. The molecule has 1 aliphatic carbocycles. The topological polar surface area (TPSA) is 81.7 Å². The molecule has 1 atom stereocenters. The molecule has 0 radical (unpaired) electrons. The molecule has 9 heteroatoms. The third kappa shape index (κ3) is 2.99. The second-order valence-electron chi connectivity index (χ2n) is 6.85. The van der Waals surface area contributed by atoms with Crippen molar-refractivity contribution in [3.8, 4) is 5.82 Å². The number of nitrogens with one attached hydrogen (secondary N) is 1. The summed E-state index contributed by atoms with van der Waals surface area (Å²) in [6.07, 6.45) is 5.22. The van der Waals surface area contributed by atoms with Gasteiger partial charge in [-0.05, 0) is 55.5 Å². The van der Waals surface area contributed by atoms with E-state index in [-0.39, 0.29) is 11.9 Å². The zero-order valence-corrected chi connectivity index (χ0v) is 15.7. The van der Waals surface area contributed by atoms with Gasteiger partial charge in [0.15, 0.2) is 23.0 Å². The Bertz CT molecular complexity index is 1170. The molecular formula is C19H16ClFN6O. The summed E-state index contributed by atoms with van der Waals surface area (Å²) in [4.78, 5) is 12.8. The number of rotatable bonds is 5. The van der Waals surface area contributed by atoms with Gasteiger partial charge >= 0.3 is 0 Å². The van der Waals surface area contributed by atoms with Crippen LogP contribution in [0.4, 0.5) is 10.4 Å². The Balaban J connectivity index is 1.45. The molecule has 1 fully saturated rings. The van der Waals surface area contributed by atoms with Crippen molar-refractivity contribution in [2.75, 3.05) is 5.32 Å². The van der Waals surface area contributed by atoms with Gasteiger partial charge in [0.05, 0.1) is 11.1 Å². The van der Waals surface area contributed by atoms with Crippen LogP contribution in [0.25, 0.3) is 16.9 Å². The quantitative estimate of drug-likeness (QED) is 0.527. The van der Waals surface area contributed by atoms with Crippen molar-refractivity contribution >= 4 is 28.7 Å². The van der Waals surface area contributed by atoms with Crippen LogP contribution in [0.5, 0.6) is 0 Å². The van der Waals surface area contributed by atoms with E-state index in [1.165, 1.54) is 47.7 Å². The maximum absolute atomic E-state index is 14.1. The van der Waals surface area contributed by atoms with E-state index in [1.54, 1.807) is 0 Å². The number of nitrogens with zero attached hydrogens (tertiary/aromatic N) is 5. The number of benzene rings is 1. The highest BCUT2D eigenvalue weighted by molar-refractivity contribution is 6.34. The molecule has 0 unspecified atom stereocenters. The van der Waals surface area contributed by atoms with Gasteiger partial charge in [0.2, 0.25) is 0 Å². The Morgan fingerprint density at radius 1 is 1.32 bits per heavy atom. The van der Waals surface area contributed by atoms with Crippen LogP contribution in [0.2, 0.25) is 5.02 Å². The number of anilines is 1. The van der Waals surface area contributed by atoms with Crippen molar-refractivity contribution in [3.63, 3.8) is 0 Å². The zero-order valence-electron chi connectivity index (χ0n) is 14.9. The average molecular weight is 399 g/mol. The molecule has 1 aromatic carbocycles. The van der Waals surface area contributed by atoms with Crippen molar-refractivity contribution in [1.82, 2.24) is 24.7 Å². The van der Waals surface area contributed by atoms with Crippen molar-refractivity contribution in [3.05, 3.63) is 59.0 Å². The fourth-order valence-electron chi connectivity index (χ4n) is 3.22. The number of hydrogen-bond donors (Lipinski definition) is 1. The number of pyridine rings is 1. The molecule has 1 saturated carbocycles. The van der Waals surface area contributed by atoms with E-state index >= 15 is 0 Å². The molecule has 5 rings (SSSR count). The lowest BCUT2D eigenvalue weighted by molar-refractivity contribution is 0.578. The summed E-state index contributed by atoms with van der Waals surface area (Å²) < 4.78 is 21.2. The highest BCUT2D eigenvalue weighted by Gasteiger charge is 2.26. The fraction of sp³-hybridized carbons (Fsp3) is 0.263. The number of hydrogen-bond acceptors (Lipinski definition) is 6. The first-order valence-corrected chi connectivity index (χ1v) is 9.35. The lowest BCUT2D eigenvalue weighted by Crippen LogP contribution is -2.15. The van der Waals surface area contributed by atoms with Crippen LogP contribution in [0, 0.1) is 5.82 Å². The minimum atomic E-state index is -0.484. The van der Waals surface area contributed by atoms with Gasteiger partial charge in [-0.25, -0.2) is 14.4 Å². The molecule has 1 N–H and O–H groups in total. The Hall–Kier alpha value is -3.00. The smallest absolute Gasteiger partial charge is 0.296 e. The molecule has 0 bridgehead atoms. The van der Waals surface area contributed by atoms with E-state index < -0.39 is 5.82 Å². The van der Waals surface area contributed by atoms with Gasteiger partial charge < -0.3 is 9.73 Å². The summed E-state index contributed by atoms with van der Waals surface area (Å²) in [5.41, 5.74) is 2.44. The van der Waals surface area contributed by atoms with E-state index in [0.29, 0.717) is 33.9 Å². The molecule has 0 saturated heterocycles. The maximum Gasteiger partial charge on any atom is 0.296 e. The first-order chi connectivity index (χ1) is 13.6. The van der Waals surface area contributed by atoms with Crippen LogP contribution in [0.3, 0.4) is 0 Å². The van der Waals surface area contributed by atoms with E-state index in [9.17, 15) is 4.39 Å². The lowest BCUT2D eigenvalue weighted by Gasteiger charge is -2.12. The number of oxazole rings is 1. The maximum atomic E-state index is 14.1. The normalized spacial score (nSPS) is 15.1. The van der Waals surface area contributed by atoms with Crippen LogP contribution in [-0.4, -0.2) is 24.7 Å². The molecule has 1 aliphatic rings. The van der Waals surface area contributed by atoms with Gasteiger partial charge in [-0.2, -0.15) is 14.8 Å². The first-order valence-electron chi connectivity index (χ1n) is 8.97. The van der Waals surface area contributed by atoms with Crippen molar-refractivity contribution in [2.24, 2.45) is 0 Å². The van der Waals surface area contributed by atoms with Gasteiger partial charge in [0.1, 0.15) is 11.8 Å². The summed E-state index contributed by atoms with van der Waals surface area (Å²) in [7, 11) is 0. The lowest BCUT2D eigenvalue weighted by atomic mass is 10.1. The van der Waals surface area contributed by atoms with E-state index in [1.807, 2.05) is 19.1 Å².